The van der Waals surface area contributed by atoms with Crippen LogP contribution in [0.1, 0.15) is 34.4 Å². The average molecular weight is 446 g/mol. The van der Waals surface area contributed by atoms with Crippen LogP contribution in [0.4, 0.5) is 5.82 Å². The van der Waals surface area contributed by atoms with E-state index in [1.165, 1.54) is 10.4 Å². The lowest BCUT2D eigenvalue weighted by atomic mass is 9.94. The number of fused-ring (bicyclic) bond motifs is 1. The van der Waals surface area contributed by atoms with E-state index in [2.05, 4.69) is 41.4 Å². The SMILES string of the molecule is C=CCN(Cc1ccc(C#N)cc1)C(=O)C1CCN(c2ncnc3sc(C)c(C)c23)CC1. The highest BCUT2D eigenvalue weighted by atomic mass is 32.1. The Labute approximate surface area is 192 Å². The molecule has 1 fully saturated rings. The predicted octanol–water partition coefficient (Wildman–Crippen LogP) is 4.61. The molecule has 1 saturated heterocycles. The minimum atomic E-state index is -0.00721. The summed E-state index contributed by atoms with van der Waals surface area (Å²) in [5.41, 5.74) is 2.89. The molecule has 1 aromatic carbocycles. The first kappa shape index (κ1) is 22.0. The highest BCUT2D eigenvalue weighted by Gasteiger charge is 2.30. The van der Waals surface area contributed by atoms with E-state index in [1.54, 1.807) is 35.9 Å². The van der Waals surface area contributed by atoms with E-state index in [9.17, 15) is 4.79 Å². The maximum Gasteiger partial charge on any atom is 0.226 e. The molecule has 0 aliphatic carbocycles. The molecule has 0 bridgehead atoms. The fraction of sp³-hybridized carbons (Fsp3) is 0.360. The summed E-state index contributed by atoms with van der Waals surface area (Å²) in [7, 11) is 0. The Hall–Kier alpha value is -3.24. The number of aryl methyl sites for hydroxylation is 2. The normalized spacial score (nSPS) is 14.3. The monoisotopic (exact) mass is 445 g/mol. The van der Waals surface area contributed by atoms with Gasteiger partial charge in [0.05, 0.1) is 17.0 Å². The summed E-state index contributed by atoms with van der Waals surface area (Å²) in [6.07, 6.45) is 5.02. The van der Waals surface area contributed by atoms with Crippen LogP contribution in [0.25, 0.3) is 10.2 Å². The van der Waals surface area contributed by atoms with Crippen LogP contribution in [0.3, 0.4) is 0 Å². The first-order valence-electron chi connectivity index (χ1n) is 10.9. The lowest BCUT2D eigenvalue weighted by Crippen LogP contribution is -2.42. The zero-order chi connectivity index (χ0) is 22.7. The predicted molar refractivity (Wildman–Crippen MR) is 129 cm³/mol. The number of carbonyl (C=O) groups excluding carboxylic acids is 1. The maximum absolute atomic E-state index is 13.3. The van der Waals surface area contributed by atoms with Crippen LogP contribution in [0.2, 0.25) is 0 Å². The van der Waals surface area contributed by atoms with Gasteiger partial charge in [0.25, 0.3) is 0 Å². The molecule has 4 rings (SSSR count). The molecule has 0 spiro atoms. The molecule has 0 radical (unpaired) electrons. The Balaban J connectivity index is 1.45. The number of carbonyl (C=O) groups is 1. The molecule has 0 unspecified atom stereocenters. The minimum Gasteiger partial charge on any atom is -0.356 e. The number of rotatable bonds is 6. The van der Waals surface area contributed by atoms with Crippen LogP contribution in [0.15, 0.2) is 43.2 Å². The highest BCUT2D eigenvalue weighted by Crippen LogP contribution is 2.35. The van der Waals surface area contributed by atoms with Gasteiger partial charge in [-0.3, -0.25) is 4.79 Å². The van der Waals surface area contributed by atoms with Crippen molar-refractivity contribution in [3.05, 3.63) is 64.8 Å². The Morgan fingerprint density at radius 2 is 2.00 bits per heavy atom. The summed E-state index contributed by atoms with van der Waals surface area (Å²) in [6.45, 7) is 10.7. The fourth-order valence-electron chi connectivity index (χ4n) is 4.29. The zero-order valence-corrected chi connectivity index (χ0v) is 19.4. The fourth-order valence-corrected chi connectivity index (χ4v) is 5.28. The van der Waals surface area contributed by atoms with Gasteiger partial charge in [-0.25, -0.2) is 9.97 Å². The van der Waals surface area contributed by atoms with Gasteiger partial charge in [0.15, 0.2) is 0 Å². The number of hydrogen-bond acceptors (Lipinski definition) is 6. The molecule has 32 heavy (non-hydrogen) atoms. The molecule has 2 aromatic heterocycles. The molecule has 164 valence electrons. The van der Waals surface area contributed by atoms with Crippen LogP contribution < -0.4 is 4.90 Å². The molecule has 1 amide bonds. The third kappa shape index (κ3) is 4.37. The van der Waals surface area contributed by atoms with Gasteiger partial charge in [0.1, 0.15) is 17.0 Å². The third-order valence-electron chi connectivity index (χ3n) is 6.21. The molecule has 0 atom stereocenters. The summed E-state index contributed by atoms with van der Waals surface area (Å²) in [6, 6.07) is 9.54. The van der Waals surface area contributed by atoms with Crippen molar-refractivity contribution in [2.75, 3.05) is 24.5 Å². The molecule has 1 aliphatic heterocycles. The number of amides is 1. The van der Waals surface area contributed by atoms with Gasteiger partial charge in [0, 0.05) is 37.0 Å². The summed E-state index contributed by atoms with van der Waals surface area (Å²) in [5.74, 6) is 1.15. The van der Waals surface area contributed by atoms with Crippen molar-refractivity contribution in [3.63, 3.8) is 0 Å². The number of aromatic nitrogens is 2. The van der Waals surface area contributed by atoms with Gasteiger partial charge in [-0.05, 0) is 49.9 Å². The van der Waals surface area contributed by atoms with Crippen molar-refractivity contribution in [2.24, 2.45) is 5.92 Å². The largest absolute Gasteiger partial charge is 0.356 e. The van der Waals surface area contributed by atoms with Crippen LogP contribution >= 0.6 is 11.3 Å². The summed E-state index contributed by atoms with van der Waals surface area (Å²) in [4.78, 5) is 28.8. The minimum absolute atomic E-state index is 0.00721. The zero-order valence-electron chi connectivity index (χ0n) is 18.5. The first-order valence-corrected chi connectivity index (χ1v) is 11.7. The standard InChI is InChI=1S/C25H27N5OS/c1-4-11-30(15-20-7-5-19(14-26)6-8-20)25(31)21-9-12-29(13-10-21)23-22-17(2)18(3)32-24(22)28-16-27-23/h4-8,16,21H,1,9-13,15H2,2-3H3. The average Bonchev–Trinajstić information content (AvgIpc) is 3.12. The van der Waals surface area contributed by atoms with E-state index >= 15 is 0 Å². The number of thiophene rings is 1. The van der Waals surface area contributed by atoms with E-state index in [-0.39, 0.29) is 11.8 Å². The Morgan fingerprint density at radius 1 is 1.28 bits per heavy atom. The lowest BCUT2D eigenvalue weighted by Gasteiger charge is -2.35. The molecule has 0 saturated carbocycles. The first-order chi connectivity index (χ1) is 15.5. The quantitative estimate of drug-likeness (QED) is 0.518. The summed E-state index contributed by atoms with van der Waals surface area (Å²) in [5, 5.41) is 10.1. The van der Waals surface area contributed by atoms with Crippen molar-refractivity contribution in [3.8, 4) is 6.07 Å². The smallest absolute Gasteiger partial charge is 0.226 e. The van der Waals surface area contributed by atoms with Gasteiger partial charge in [-0.2, -0.15) is 5.26 Å². The van der Waals surface area contributed by atoms with Crippen LogP contribution in [0.5, 0.6) is 0 Å². The number of hydrogen-bond donors (Lipinski definition) is 0. The molecule has 6 nitrogen and oxygen atoms in total. The summed E-state index contributed by atoms with van der Waals surface area (Å²) >= 11 is 1.71. The molecular weight excluding hydrogens is 418 g/mol. The molecule has 1 aliphatic rings. The van der Waals surface area contributed by atoms with Gasteiger partial charge in [-0.15, -0.1) is 17.9 Å². The van der Waals surface area contributed by atoms with Crippen LogP contribution in [-0.2, 0) is 11.3 Å². The number of benzene rings is 1. The Kier molecular flexibility index (Phi) is 6.52. The Morgan fingerprint density at radius 3 is 2.66 bits per heavy atom. The van der Waals surface area contributed by atoms with Crippen LogP contribution in [0, 0.1) is 31.1 Å². The van der Waals surface area contributed by atoms with E-state index in [0.29, 0.717) is 18.7 Å². The Bertz CT molecular complexity index is 1170. The van der Waals surface area contributed by atoms with Gasteiger partial charge >= 0.3 is 0 Å². The molecule has 3 heterocycles. The molecule has 7 heteroatoms. The third-order valence-corrected chi connectivity index (χ3v) is 7.32. The lowest BCUT2D eigenvalue weighted by molar-refractivity contribution is -0.136. The van der Waals surface area contributed by atoms with Crippen molar-refractivity contribution >= 4 is 33.3 Å². The number of nitriles is 1. The van der Waals surface area contributed by atoms with Gasteiger partial charge in [-0.1, -0.05) is 18.2 Å². The van der Waals surface area contributed by atoms with E-state index in [4.69, 9.17) is 5.26 Å². The molecular formula is C25H27N5OS. The molecule has 3 aromatic rings. The van der Waals surface area contributed by atoms with Crippen molar-refractivity contribution in [1.82, 2.24) is 14.9 Å². The number of piperidine rings is 1. The second kappa shape index (κ2) is 9.49. The topological polar surface area (TPSA) is 73.1 Å². The van der Waals surface area contributed by atoms with Crippen molar-refractivity contribution in [1.29, 1.82) is 5.26 Å². The van der Waals surface area contributed by atoms with Crippen molar-refractivity contribution in [2.45, 2.75) is 33.2 Å². The summed E-state index contributed by atoms with van der Waals surface area (Å²) < 4.78 is 0. The highest BCUT2D eigenvalue weighted by molar-refractivity contribution is 7.18. The van der Waals surface area contributed by atoms with E-state index in [1.807, 2.05) is 17.0 Å². The number of anilines is 1. The van der Waals surface area contributed by atoms with E-state index in [0.717, 1.165) is 47.5 Å². The molecule has 0 N–H and O–H groups in total. The van der Waals surface area contributed by atoms with Gasteiger partial charge < -0.3 is 9.80 Å². The van der Waals surface area contributed by atoms with Gasteiger partial charge in [0.2, 0.25) is 5.91 Å². The van der Waals surface area contributed by atoms with Crippen LogP contribution in [-0.4, -0.2) is 40.4 Å². The second-order valence-corrected chi connectivity index (χ2v) is 9.44. The maximum atomic E-state index is 13.3. The number of nitrogens with zero attached hydrogens (tertiary/aromatic N) is 5. The second-order valence-electron chi connectivity index (χ2n) is 8.24. The van der Waals surface area contributed by atoms with E-state index < -0.39 is 0 Å². The van der Waals surface area contributed by atoms with Crippen molar-refractivity contribution < 1.29 is 4.79 Å².